The molecule has 1 aromatic rings. The van der Waals surface area contributed by atoms with Crippen LogP contribution in [0.2, 0.25) is 0 Å². The van der Waals surface area contributed by atoms with Crippen LogP contribution in [0.4, 0.5) is 0 Å². The quantitative estimate of drug-likeness (QED) is 0.663. The van der Waals surface area contributed by atoms with Gasteiger partial charge in [-0.3, -0.25) is 4.79 Å². The molecule has 0 aromatic heterocycles. The van der Waals surface area contributed by atoms with Crippen LogP contribution in [0.5, 0.6) is 0 Å². The lowest BCUT2D eigenvalue weighted by atomic mass is 9.94. The second kappa shape index (κ2) is 6.85. The number of aliphatic hydroxyl groups is 1. The van der Waals surface area contributed by atoms with E-state index in [-0.39, 0.29) is 0 Å². The van der Waals surface area contributed by atoms with E-state index < -0.39 is 60.9 Å². The number of benzene rings is 1. The third-order valence-electron chi connectivity index (χ3n) is 5.85. The third kappa shape index (κ3) is 2.98. The molecule has 4 nitrogen and oxygen atoms in total. The number of rotatable bonds is 5. The van der Waals surface area contributed by atoms with Crippen molar-refractivity contribution in [1.82, 2.24) is 0 Å². The van der Waals surface area contributed by atoms with Crippen LogP contribution in [0, 0.1) is 0 Å². The number of carbonyl (C=O) groups is 1. The fourth-order valence-corrected chi connectivity index (χ4v) is 4.31. The number of hydrogen-bond donors (Lipinski definition) is 1. The highest BCUT2D eigenvalue weighted by molar-refractivity contribution is 5.78. The Kier molecular flexibility index (Phi) is 3.02. The Morgan fingerprint density at radius 1 is 1.33 bits per heavy atom. The number of nitrogens with zero attached hydrogens (tertiary/aromatic N) is 1. The standard InChI is InChI=1S/C20H30NO3/c1-14(2)21(3)16-9-10-17(21)12-18(11-16)24-20(23)19(13-22)15-7-5-4-6-8-15/h4-8,14,16-19,22H,9-13H2,1-3H3/q+1/t16-,17+,18?,19?,21?/i1D3,2D3,14D. The van der Waals surface area contributed by atoms with Crippen LogP contribution in [0.15, 0.2) is 30.3 Å². The van der Waals surface area contributed by atoms with Crippen molar-refractivity contribution in [3.8, 4) is 0 Å². The Hall–Kier alpha value is -1.39. The van der Waals surface area contributed by atoms with Gasteiger partial charge in [0.05, 0.1) is 33.1 Å². The number of esters is 1. The highest BCUT2D eigenvalue weighted by atomic mass is 16.5. The lowest BCUT2D eigenvalue weighted by molar-refractivity contribution is -0.968. The zero-order valence-corrected chi connectivity index (χ0v) is 13.9. The molecule has 2 aliphatic rings. The number of hydrogen-bond acceptors (Lipinski definition) is 3. The van der Waals surface area contributed by atoms with E-state index in [0.29, 0.717) is 31.2 Å². The van der Waals surface area contributed by atoms with Crippen molar-refractivity contribution in [3.63, 3.8) is 0 Å². The third-order valence-corrected chi connectivity index (χ3v) is 5.85. The van der Waals surface area contributed by atoms with E-state index in [1.54, 1.807) is 31.3 Å². The molecule has 0 radical (unpaired) electrons. The number of fused-ring (bicyclic) bond motifs is 2. The molecule has 0 spiro atoms. The smallest absolute Gasteiger partial charge is 0.316 e. The van der Waals surface area contributed by atoms with Gasteiger partial charge in [-0.2, -0.15) is 0 Å². The van der Waals surface area contributed by atoms with Gasteiger partial charge in [-0.05, 0) is 19.3 Å². The highest BCUT2D eigenvalue weighted by Gasteiger charge is 2.53. The van der Waals surface area contributed by atoms with Gasteiger partial charge in [0.2, 0.25) is 0 Å². The molecule has 0 aliphatic carbocycles. The summed E-state index contributed by atoms with van der Waals surface area (Å²) >= 11 is 0. The Morgan fingerprint density at radius 3 is 2.50 bits per heavy atom. The maximum absolute atomic E-state index is 12.7. The Labute approximate surface area is 154 Å². The van der Waals surface area contributed by atoms with Gasteiger partial charge >= 0.3 is 5.97 Å². The number of aliphatic hydroxyl groups excluding tert-OH is 1. The molecule has 2 bridgehead atoms. The van der Waals surface area contributed by atoms with E-state index >= 15 is 0 Å². The Balaban J connectivity index is 1.82. The molecule has 3 unspecified atom stereocenters. The molecule has 4 heteroatoms. The van der Waals surface area contributed by atoms with Crippen molar-refractivity contribution in [1.29, 1.82) is 0 Å². The molecule has 1 N–H and O–H groups in total. The van der Waals surface area contributed by atoms with Crippen LogP contribution in [0.25, 0.3) is 0 Å². The molecular formula is C20H30NO3+. The van der Waals surface area contributed by atoms with Gasteiger partial charge < -0.3 is 14.3 Å². The lowest BCUT2D eigenvalue weighted by Gasteiger charge is -2.49. The van der Waals surface area contributed by atoms with Crippen LogP contribution in [0.1, 0.15) is 60.5 Å². The lowest BCUT2D eigenvalue weighted by Crippen LogP contribution is -2.62. The van der Waals surface area contributed by atoms with Crippen molar-refractivity contribution >= 4 is 5.97 Å². The van der Waals surface area contributed by atoms with E-state index in [9.17, 15) is 9.90 Å². The SMILES string of the molecule is [2H]C([2H])([2H])C([2H])(C([2H])([2H])[2H])[N+]1(C)[C@@H]2CC[C@H]1CC(OC(=O)C(CO)c1ccccc1)C2. The summed E-state index contributed by atoms with van der Waals surface area (Å²) in [5.41, 5.74) is 0.643. The van der Waals surface area contributed by atoms with E-state index in [0.717, 1.165) is 0 Å². The van der Waals surface area contributed by atoms with Gasteiger partial charge in [0.15, 0.2) is 0 Å². The van der Waals surface area contributed by atoms with Crippen LogP contribution < -0.4 is 0 Å². The van der Waals surface area contributed by atoms with Crippen molar-refractivity contribution in [2.75, 3.05) is 13.7 Å². The fourth-order valence-electron chi connectivity index (χ4n) is 4.31. The minimum Gasteiger partial charge on any atom is -0.461 e. The van der Waals surface area contributed by atoms with Gasteiger partial charge in [-0.1, -0.05) is 30.3 Å². The maximum Gasteiger partial charge on any atom is 0.316 e. The maximum atomic E-state index is 12.7. The van der Waals surface area contributed by atoms with Gasteiger partial charge in [0, 0.05) is 33.9 Å². The van der Waals surface area contributed by atoms with Gasteiger partial charge in [-0.25, -0.2) is 0 Å². The number of ether oxygens (including phenoxy) is 1. The molecule has 0 saturated carbocycles. The summed E-state index contributed by atoms with van der Waals surface area (Å²) < 4.78 is 61.5. The van der Waals surface area contributed by atoms with Crippen molar-refractivity contribution < 1.29 is 28.7 Å². The predicted octanol–water partition coefficient (Wildman–Crippen LogP) is 2.85. The van der Waals surface area contributed by atoms with Crippen molar-refractivity contribution in [2.45, 2.75) is 69.5 Å². The molecule has 1 aromatic carbocycles. The first kappa shape index (κ1) is 10.6. The van der Waals surface area contributed by atoms with Crippen LogP contribution in [-0.4, -0.2) is 53.4 Å². The summed E-state index contributed by atoms with van der Waals surface area (Å²) in [7, 11) is 1.56. The van der Waals surface area contributed by atoms with E-state index in [1.165, 1.54) is 0 Å². The number of quaternary nitrogens is 1. The van der Waals surface area contributed by atoms with Crippen LogP contribution in [0.3, 0.4) is 0 Å². The second-order valence-corrected chi connectivity index (χ2v) is 7.06. The summed E-state index contributed by atoms with van der Waals surface area (Å²) in [5.74, 6) is -1.38. The minimum absolute atomic E-state index is 0.290. The molecule has 3 rings (SSSR count). The topological polar surface area (TPSA) is 46.5 Å². The average Bonchev–Trinajstić information content (AvgIpc) is 2.85. The molecule has 132 valence electrons. The molecule has 2 fully saturated rings. The zero-order valence-electron chi connectivity index (χ0n) is 20.9. The average molecular weight is 340 g/mol. The highest BCUT2D eigenvalue weighted by Crippen LogP contribution is 2.44. The first-order valence-corrected chi connectivity index (χ1v) is 8.49. The summed E-state index contributed by atoms with van der Waals surface area (Å²) in [6.45, 7) is -6.41. The monoisotopic (exact) mass is 339 g/mol. The molecule has 2 heterocycles. The largest absolute Gasteiger partial charge is 0.461 e. The van der Waals surface area contributed by atoms with Crippen molar-refractivity contribution in [3.05, 3.63) is 35.9 Å². The van der Waals surface area contributed by atoms with E-state index in [4.69, 9.17) is 14.3 Å². The van der Waals surface area contributed by atoms with E-state index in [2.05, 4.69) is 0 Å². The molecule has 2 aliphatic heterocycles. The zero-order chi connectivity index (χ0) is 23.2. The van der Waals surface area contributed by atoms with Gasteiger partial charge in [-0.15, -0.1) is 0 Å². The van der Waals surface area contributed by atoms with Gasteiger partial charge in [0.1, 0.15) is 12.0 Å². The fraction of sp³-hybridized carbons (Fsp3) is 0.650. The second-order valence-electron chi connectivity index (χ2n) is 7.06. The Bertz CT molecular complexity index is 768. The summed E-state index contributed by atoms with van der Waals surface area (Å²) in [6, 6.07) is 5.32. The summed E-state index contributed by atoms with van der Waals surface area (Å²) in [6.07, 6.45) is 1.22. The van der Waals surface area contributed by atoms with Crippen LogP contribution >= 0.6 is 0 Å². The summed E-state index contributed by atoms with van der Waals surface area (Å²) in [4.78, 5) is 12.7. The molecule has 2 saturated heterocycles. The first-order chi connectivity index (χ1) is 14.3. The predicted molar refractivity (Wildman–Crippen MR) is 93.5 cm³/mol. The molecular weight excluding hydrogens is 302 g/mol. The normalized spacial score (nSPS) is 39.2. The molecule has 0 amide bonds. The molecule has 24 heavy (non-hydrogen) atoms. The molecule has 5 atom stereocenters. The Morgan fingerprint density at radius 2 is 1.96 bits per heavy atom. The van der Waals surface area contributed by atoms with Crippen molar-refractivity contribution in [2.24, 2.45) is 0 Å². The number of piperidine rings is 1. The first-order valence-electron chi connectivity index (χ1n) is 12.0. The van der Waals surface area contributed by atoms with E-state index in [1.807, 2.05) is 6.07 Å². The summed E-state index contributed by atoms with van der Waals surface area (Å²) in [5, 5.41) is 9.71. The minimum atomic E-state index is -3.01. The van der Waals surface area contributed by atoms with Gasteiger partial charge in [0.25, 0.3) is 0 Å². The van der Waals surface area contributed by atoms with Crippen LogP contribution in [-0.2, 0) is 9.53 Å². The number of carbonyl (C=O) groups excluding carboxylic acids is 1.